The van der Waals surface area contributed by atoms with Gasteiger partial charge in [-0.1, -0.05) is 0 Å². The molecule has 5 heteroatoms. The third-order valence-corrected chi connectivity index (χ3v) is 7.97. The van der Waals surface area contributed by atoms with E-state index in [0.29, 0.717) is 12.5 Å². The van der Waals surface area contributed by atoms with Gasteiger partial charge in [0.25, 0.3) is 0 Å². The highest BCUT2D eigenvalue weighted by molar-refractivity contribution is 5.98. The summed E-state index contributed by atoms with van der Waals surface area (Å²) in [6.07, 6.45) is 7.55. The molecule has 5 aliphatic rings. The highest BCUT2D eigenvalue weighted by Gasteiger charge is 2.55. The fraction of sp³-hybridized carbons (Fsp3) is 0.739. The third kappa shape index (κ3) is 3.12. The molecule has 0 unspecified atom stereocenters. The van der Waals surface area contributed by atoms with Gasteiger partial charge in [-0.15, -0.1) is 0 Å². The van der Waals surface area contributed by atoms with E-state index in [1.54, 1.807) is 0 Å². The maximum atomic E-state index is 13.5. The molecule has 2 heterocycles. The van der Waals surface area contributed by atoms with Crippen LogP contribution in [-0.2, 0) is 4.79 Å². The van der Waals surface area contributed by atoms with E-state index >= 15 is 0 Å². The van der Waals surface area contributed by atoms with Crippen LogP contribution < -0.4 is 0 Å². The van der Waals surface area contributed by atoms with E-state index in [4.69, 9.17) is 0 Å². The second-order valence-corrected chi connectivity index (χ2v) is 10.2. The van der Waals surface area contributed by atoms with Crippen molar-refractivity contribution >= 4 is 11.7 Å². The summed E-state index contributed by atoms with van der Waals surface area (Å²) in [6.45, 7) is 7.58. The Hall–Kier alpha value is -1.62. The maximum absolute atomic E-state index is 13.5. The number of amides is 1. The Labute approximate surface area is 167 Å². The molecule has 28 heavy (non-hydrogen) atoms. The van der Waals surface area contributed by atoms with Gasteiger partial charge >= 0.3 is 0 Å². The Morgan fingerprint density at radius 2 is 1.57 bits per heavy atom. The molecule has 5 nitrogen and oxygen atoms in total. The molecule has 0 radical (unpaired) electrons. The first kappa shape index (κ1) is 18.4. The number of carbonyl (C=O) groups is 2. The first-order valence-electron chi connectivity index (χ1n) is 11.1. The number of ketones is 1. The Bertz CT molecular complexity index is 752. The lowest BCUT2D eigenvalue weighted by atomic mass is 9.49. The van der Waals surface area contributed by atoms with Gasteiger partial charge in [0.1, 0.15) is 0 Å². The molecule has 1 aromatic heterocycles. The standard InChI is InChI=1S/C23H33N3O2/c1-15-7-20(16(2)24-15)21(27)14-25-3-5-26(6-4-25)22(28)23-11-17-8-18(12-23)10-19(9-17)13-23/h7,17-19,24H,3-6,8-14H2,1-2H3. The fourth-order valence-corrected chi connectivity index (χ4v) is 7.12. The lowest BCUT2D eigenvalue weighted by molar-refractivity contribution is -0.159. The number of aryl methyl sites for hydroxylation is 2. The molecule has 5 fully saturated rings. The number of hydrogen-bond donors (Lipinski definition) is 1. The van der Waals surface area contributed by atoms with E-state index < -0.39 is 0 Å². The van der Waals surface area contributed by atoms with E-state index in [-0.39, 0.29) is 11.2 Å². The van der Waals surface area contributed by atoms with Crippen LogP contribution in [0.1, 0.15) is 60.3 Å². The van der Waals surface area contributed by atoms with Crippen molar-refractivity contribution in [3.8, 4) is 0 Å². The van der Waals surface area contributed by atoms with Gasteiger partial charge in [0, 0.05) is 43.1 Å². The number of hydrogen-bond acceptors (Lipinski definition) is 3. The van der Waals surface area contributed by atoms with Crippen molar-refractivity contribution in [2.75, 3.05) is 32.7 Å². The zero-order valence-electron chi connectivity index (χ0n) is 17.3. The van der Waals surface area contributed by atoms with Crippen molar-refractivity contribution in [1.82, 2.24) is 14.8 Å². The van der Waals surface area contributed by atoms with Crippen LogP contribution in [0, 0.1) is 37.0 Å². The van der Waals surface area contributed by atoms with Gasteiger partial charge in [-0.25, -0.2) is 0 Å². The second kappa shape index (κ2) is 6.72. The molecule has 152 valence electrons. The van der Waals surface area contributed by atoms with Crippen LogP contribution in [0.4, 0.5) is 0 Å². The number of Topliss-reactive ketones (excluding diaryl/α,β-unsaturated/α-hetero) is 1. The second-order valence-electron chi connectivity index (χ2n) is 10.2. The molecule has 1 aliphatic heterocycles. The van der Waals surface area contributed by atoms with Gasteiger partial charge in [-0.3, -0.25) is 14.5 Å². The summed E-state index contributed by atoms with van der Waals surface area (Å²) in [6, 6.07) is 1.95. The van der Waals surface area contributed by atoms with Gasteiger partial charge in [-0.05, 0) is 76.2 Å². The summed E-state index contributed by atoms with van der Waals surface area (Å²) in [5.74, 6) is 3.05. The van der Waals surface area contributed by atoms with Crippen molar-refractivity contribution in [3.05, 3.63) is 23.0 Å². The smallest absolute Gasteiger partial charge is 0.228 e. The summed E-state index contributed by atoms with van der Waals surface area (Å²) in [5, 5.41) is 0. The van der Waals surface area contributed by atoms with Gasteiger partial charge in [0.05, 0.1) is 12.0 Å². The van der Waals surface area contributed by atoms with Crippen molar-refractivity contribution in [2.24, 2.45) is 23.2 Å². The van der Waals surface area contributed by atoms with Crippen molar-refractivity contribution in [3.63, 3.8) is 0 Å². The number of carbonyl (C=O) groups excluding carboxylic acids is 2. The van der Waals surface area contributed by atoms with E-state index in [1.165, 1.54) is 19.3 Å². The summed E-state index contributed by atoms with van der Waals surface area (Å²) < 4.78 is 0. The monoisotopic (exact) mass is 383 g/mol. The number of nitrogens with zero attached hydrogens (tertiary/aromatic N) is 2. The number of aromatic amines is 1. The first-order chi connectivity index (χ1) is 13.4. The van der Waals surface area contributed by atoms with E-state index in [1.807, 2.05) is 19.9 Å². The van der Waals surface area contributed by atoms with Crippen LogP contribution in [0.15, 0.2) is 6.07 Å². The first-order valence-corrected chi connectivity index (χ1v) is 11.1. The minimum absolute atomic E-state index is 0.0352. The molecule has 1 aromatic rings. The number of piperazine rings is 1. The normalized spacial score (nSPS) is 34.8. The quantitative estimate of drug-likeness (QED) is 0.813. The Morgan fingerprint density at radius 3 is 2.07 bits per heavy atom. The molecule has 4 aliphatic carbocycles. The summed E-state index contributed by atoms with van der Waals surface area (Å²) in [4.78, 5) is 33.7. The Balaban J connectivity index is 1.19. The third-order valence-electron chi connectivity index (χ3n) is 7.97. The van der Waals surface area contributed by atoms with Crippen molar-refractivity contribution in [2.45, 2.75) is 52.4 Å². The minimum Gasteiger partial charge on any atom is -0.362 e. The number of nitrogens with one attached hydrogen (secondary N) is 1. The van der Waals surface area contributed by atoms with Crippen molar-refractivity contribution in [1.29, 1.82) is 0 Å². The van der Waals surface area contributed by atoms with Crippen LogP contribution >= 0.6 is 0 Å². The van der Waals surface area contributed by atoms with Crippen molar-refractivity contribution < 1.29 is 9.59 Å². The molecule has 1 amide bonds. The molecule has 0 aromatic carbocycles. The molecule has 0 atom stereocenters. The lowest BCUT2D eigenvalue weighted by Gasteiger charge is -2.57. The van der Waals surface area contributed by atoms with Crippen LogP contribution in [0.3, 0.4) is 0 Å². The molecule has 4 saturated carbocycles. The predicted molar refractivity (Wildman–Crippen MR) is 108 cm³/mol. The summed E-state index contributed by atoms with van der Waals surface area (Å²) in [5.41, 5.74) is 2.77. The molecular weight excluding hydrogens is 350 g/mol. The largest absolute Gasteiger partial charge is 0.362 e. The van der Waals surface area contributed by atoms with Gasteiger partial charge in [0.15, 0.2) is 5.78 Å². The highest BCUT2D eigenvalue weighted by Crippen LogP contribution is 2.60. The van der Waals surface area contributed by atoms with Gasteiger partial charge < -0.3 is 9.88 Å². The topological polar surface area (TPSA) is 56.4 Å². The highest BCUT2D eigenvalue weighted by atomic mass is 16.2. The SMILES string of the molecule is Cc1cc(C(=O)CN2CCN(C(=O)C34CC5CC(CC(C5)C3)C4)CC2)c(C)[nH]1. The van der Waals surface area contributed by atoms with Gasteiger partial charge in [0.2, 0.25) is 5.91 Å². The maximum Gasteiger partial charge on any atom is 0.228 e. The van der Waals surface area contributed by atoms with E-state index in [2.05, 4.69) is 14.8 Å². The van der Waals surface area contributed by atoms with Crippen LogP contribution in [0.25, 0.3) is 0 Å². The molecule has 1 N–H and O–H groups in total. The van der Waals surface area contributed by atoms with E-state index in [9.17, 15) is 9.59 Å². The Morgan fingerprint density at radius 1 is 1.00 bits per heavy atom. The molecule has 4 bridgehead atoms. The Kier molecular flexibility index (Phi) is 4.42. The van der Waals surface area contributed by atoms with Crippen LogP contribution in [0.2, 0.25) is 0 Å². The van der Waals surface area contributed by atoms with Crippen LogP contribution in [0.5, 0.6) is 0 Å². The minimum atomic E-state index is -0.0352. The zero-order chi connectivity index (χ0) is 19.5. The number of aromatic nitrogens is 1. The fourth-order valence-electron chi connectivity index (χ4n) is 7.12. The lowest BCUT2D eigenvalue weighted by Crippen LogP contribution is -2.58. The molecule has 1 saturated heterocycles. The number of rotatable bonds is 4. The van der Waals surface area contributed by atoms with E-state index in [0.717, 1.165) is 80.1 Å². The number of H-pyrrole nitrogens is 1. The average Bonchev–Trinajstić information content (AvgIpc) is 2.99. The average molecular weight is 384 g/mol. The predicted octanol–water partition coefficient (Wildman–Crippen LogP) is 3.17. The summed E-state index contributed by atoms with van der Waals surface area (Å²) in [7, 11) is 0. The zero-order valence-corrected chi connectivity index (χ0v) is 17.3. The molecular formula is C23H33N3O2. The summed E-state index contributed by atoms with van der Waals surface area (Å²) >= 11 is 0. The van der Waals surface area contributed by atoms with Gasteiger partial charge in [-0.2, -0.15) is 0 Å². The molecule has 0 spiro atoms. The van der Waals surface area contributed by atoms with Crippen LogP contribution in [-0.4, -0.2) is 59.2 Å². The molecule has 6 rings (SSSR count).